The molecule has 5 heteroatoms. The first-order chi connectivity index (χ1) is 10.0. The quantitative estimate of drug-likeness (QED) is 0.888. The number of hydrogen-bond donors (Lipinski definition) is 1. The normalized spacial score (nSPS) is 11.0. The van der Waals surface area contributed by atoms with Crippen LogP contribution in [0.1, 0.15) is 19.4 Å². The van der Waals surface area contributed by atoms with E-state index in [1.54, 1.807) is 18.9 Å². The number of ether oxygens (including phenoxy) is 2. The fraction of sp³-hybridized carbons (Fsp3) is 0.438. The molecule has 2 rings (SSSR count). The van der Waals surface area contributed by atoms with Crippen molar-refractivity contribution in [3.8, 4) is 22.8 Å². The third kappa shape index (κ3) is 3.55. The van der Waals surface area contributed by atoms with Crippen LogP contribution in [-0.2, 0) is 13.6 Å². The summed E-state index contributed by atoms with van der Waals surface area (Å²) < 4.78 is 12.6. The van der Waals surface area contributed by atoms with Gasteiger partial charge in [-0.25, -0.2) is 0 Å². The van der Waals surface area contributed by atoms with Crippen molar-refractivity contribution in [2.75, 3.05) is 14.2 Å². The van der Waals surface area contributed by atoms with Crippen LogP contribution < -0.4 is 14.8 Å². The van der Waals surface area contributed by atoms with Crippen molar-refractivity contribution in [3.05, 3.63) is 30.0 Å². The summed E-state index contributed by atoms with van der Waals surface area (Å²) in [7, 11) is 5.21. The number of methoxy groups -OCH3 is 2. The topological polar surface area (TPSA) is 48.3 Å². The van der Waals surface area contributed by atoms with Gasteiger partial charge < -0.3 is 14.8 Å². The van der Waals surface area contributed by atoms with Crippen LogP contribution in [0.2, 0.25) is 0 Å². The highest BCUT2D eigenvalue weighted by Crippen LogP contribution is 2.35. The molecule has 1 aromatic heterocycles. The molecule has 0 bridgehead atoms. The van der Waals surface area contributed by atoms with Crippen LogP contribution >= 0.6 is 0 Å². The molecular formula is C16H23N3O2. The summed E-state index contributed by atoms with van der Waals surface area (Å²) >= 11 is 0. The molecule has 2 aromatic rings. The molecule has 0 fully saturated rings. The van der Waals surface area contributed by atoms with Gasteiger partial charge in [0.1, 0.15) is 0 Å². The maximum Gasteiger partial charge on any atom is 0.161 e. The average molecular weight is 289 g/mol. The number of nitrogens with zero attached hydrogens (tertiary/aromatic N) is 2. The van der Waals surface area contributed by atoms with Crippen molar-refractivity contribution in [2.24, 2.45) is 7.05 Å². The van der Waals surface area contributed by atoms with Crippen LogP contribution in [0.5, 0.6) is 11.5 Å². The molecule has 0 radical (unpaired) electrons. The molecule has 1 heterocycles. The molecule has 5 nitrogen and oxygen atoms in total. The molecule has 0 aliphatic heterocycles. The third-order valence-corrected chi connectivity index (χ3v) is 3.30. The SMILES string of the molecule is COc1cc(CNC(C)C)c(-c2ccn(C)n2)cc1OC. The molecule has 0 aliphatic carbocycles. The van der Waals surface area contributed by atoms with Crippen molar-refractivity contribution < 1.29 is 9.47 Å². The Morgan fingerprint density at radius 1 is 1.19 bits per heavy atom. The smallest absolute Gasteiger partial charge is 0.161 e. The van der Waals surface area contributed by atoms with E-state index in [9.17, 15) is 0 Å². The number of rotatable bonds is 6. The Hall–Kier alpha value is -2.01. The molecular weight excluding hydrogens is 266 g/mol. The summed E-state index contributed by atoms with van der Waals surface area (Å²) in [6, 6.07) is 6.41. The zero-order chi connectivity index (χ0) is 15.4. The fourth-order valence-corrected chi connectivity index (χ4v) is 2.18. The molecule has 0 spiro atoms. The van der Waals surface area contributed by atoms with Crippen LogP contribution in [0.3, 0.4) is 0 Å². The van der Waals surface area contributed by atoms with Crippen molar-refractivity contribution >= 4 is 0 Å². The predicted molar refractivity (Wildman–Crippen MR) is 83.7 cm³/mol. The van der Waals surface area contributed by atoms with Gasteiger partial charge in [0.2, 0.25) is 0 Å². The lowest BCUT2D eigenvalue weighted by Gasteiger charge is -2.15. The first kappa shape index (κ1) is 15.4. The lowest BCUT2D eigenvalue weighted by molar-refractivity contribution is 0.354. The molecule has 0 amide bonds. The summed E-state index contributed by atoms with van der Waals surface area (Å²) in [5.74, 6) is 1.45. The van der Waals surface area contributed by atoms with Crippen molar-refractivity contribution in [3.63, 3.8) is 0 Å². The Kier molecular flexibility index (Phi) is 4.85. The summed E-state index contributed by atoms with van der Waals surface area (Å²) in [5, 5.41) is 7.93. The molecule has 0 saturated carbocycles. The van der Waals surface area contributed by atoms with Crippen LogP contribution in [0, 0.1) is 0 Å². The van der Waals surface area contributed by atoms with Gasteiger partial charge >= 0.3 is 0 Å². The highest BCUT2D eigenvalue weighted by Gasteiger charge is 2.14. The van der Waals surface area contributed by atoms with Gasteiger partial charge in [0.25, 0.3) is 0 Å². The Bertz CT molecular complexity index is 606. The largest absolute Gasteiger partial charge is 0.493 e. The van der Waals surface area contributed by atoms with E-state index >= 15 is 0 Å². The summed E-state index contributed by atoms with van der Waals surface area (Å²) in [5.41, 5.74) is 3.13. The van der Waals surface area contributed by atoms with Gasteiger partial charge in [-0.05, 0) is 23.8 Å². The van der Waals surface area contributed by atoms with Gasteiger partial charge in [-0.3, -0.25) is 4.68 Å². The first-order valence-electron chi connectivity index (χ1n) is 7.03. The Labute approximate surface area is 125 Å². The molecule has 0 saturated heterocycles. The summed E-state index contributed by atoms with van der Waals surface area (Å²) in [6.45, 7) is 5.01. The second kappa shape index (κ2) is 6.63. The Morgan fingerprint density at radius 3 is 2.38 bits per heavy atom. The van der Waals surface area contributed by atoms with Crippen molar-refractivity contribution in [1.82, 2.24) is 15.1 Å². The molecule has 0 atom stereocenters. The number of aryl methyl sites for hydroxylation is 1. The highest BCUT2D eigenvalue weighted by atomic mass is 16.5. The van der Waals surface area contributed by atoms with Crippen LogP contribution in [0.4, 0.5) is 0 Å². The predicted octanol–water partition coefficient (Wildman–Crippen LogP) is 2.60. The second-order valence-electron chi connectivity index (χ2n) is 5.27. The van der Waals surface area contributed by atoms with Crippen LogP contribution in [0.25, 0.3) is 11.3 Å². The van der Waals surface area contributed by atoms with E-state index < -0.39 is 0 Å². The van der Waals surface area contributed by atoms with E-state index in [2.05, 4.69) is 24.3 Å². The third-order valence-electron chi connectivity index (χ3n) is 3.30. The highest BCUT2D eigenvalue weighted by molar-refractivity contribution is 5.68. The van der Waals surface area contributed by atoms with E-state index in [0.717, 1.165) is 29.1 Å². The monoisotopic (exact) mass is 289 g/mol. The van der Waals surface area contributed by atoms with Gasteiger partial charge in [-0.1, -0.05) is 13.8 Å². The van der Waals surface area contributed by atoms with Crippen molar-refractivity contribution in [1.29, 1.82) is 0 Å². The zero-order valence-electron chi connectivity index (χ0n) is 13.3. The molecule has 1 N–H and O–H groups in total. The molecule has 114 valence electrons. The number of nitrogens with one attached hydrogen (secondary N) is 1. The lowest BCUT2D eigenvalue weighted by Crippen LogP contribution is -2.22. The first-order valence-corrected chi connectivity index (χ1v) is 7.03. The minimum Gasteiger partial charge on any atom is -0.493 e. The fourth-order valence-electron chi connectivity index (χ4n) is 2.18. The lowest BCUT2D eigenvalue weighted by atomic mass is 10.0. The molecule has 0 unspecified atom stereocenters. The summed E-state index contributed by atoms with van der Waals surface area (Å²) in [6.07, 6.45) is 1.94. The zero-order valence-corrected chi connectivity index (χ0v) is 13.3. The van der Waals surface area contributed by atoms with Crippen LogP contribution in [0.15, 0.2) is 24.4 Å². The van der Waals surface area contributed by atoms with Gasteiger partial charge in [-0.2, -0.15) is 5.10 Å². The van der Waals surface area contributed by atoms with E-state index in [1.165, 1.54) is 0 Å². The number of aromatic nitrogens is 2. The maximum atomic E-state index is 5.41. The van der Waals surface area contributed by atoms with Crippen molar-refractivity contribution in [2.45, 2.75) is 26.4 Å². The van der Waals surface area contributed by atoms with Crippen LogP contribution in [-0.4, -0.2) is 30.0 Å². The van der Waals surface area contributed by atoms with Gasteiger partial charge in [0.05, 0.1) is 19.9 Å². The minimum atomic E-state index is 0.412. The standard InChI is InChI=1S/C16H23N3O2/c1-11(2)17-10-12-8-15(20-4)16(21-5)9-13(12)14-6-7-19(3)18-14/h6-9,11,17H,10H2,1-5H3. The second-order valence-corrected chi connectivity index (χ2v) is 5.27. The molecule has 1 aromatic carbocycles. The van der Waals surface area contributed by atoms with Gasteiger partial charge in [0, 0.05) is 31.4 Å². The maximum absolute atomic E-state index is 5.41. The van der Waals surface area contributed by atoms with E-state index in [0.29, 0.717) is 11.8 Å². The minimum absolute atomic E-state index is 0.412. The van der Waals surface area contributed by atoms with Gasteiger partial charge in [0.15, 0.2) is 11.5 Å². The van der Waals surface area contributed by atoms with E-state index in [-0.39, 0.29) is 0 Å². The summed E-state index contributed by atoms with van der Waals surface area (Å²) in [4.78, 5) is 0. The number of hydrogen-bond acceptors (Lipinski definition) is 4. The Balaban J connectivity index is 2.48. The Morgan fingerprint density at radius 2 is 1.86 bits per heavy atom. The van der Waals surface area contributed by atoms with E-state index in [4.69, 9.17) is 9.47 Å². The molecule has 21 heavy (non-hydrogen) atoms. The molecule has 0 aliphatic rings. The number of benzene rings is 1. The van der Waals surface area contributed by atoms with E-state index in [1.807, 2.05) is 31.4 Å². The average Bonchev–Trinajstić information content (AvgIpc) is 2.90. The van der Waals surface area contributed by atoms with Gasteiger partial charge in [-0.15, -0.1) is 0 Å².